The van der Waals surface area contributed by atoms with Gasteiger partial charge in [0.2, 0.25) is 10.0 Å². The molecule has 3 rings (SSSR count). The largest absolute Gasteiger partial charge is 0.459 e. The Labute approximate surface area is 161 Å². The summed E-state index contributed by atoms with van der Waals surface area (Å²) in [7, 11) is -3.46. The summed E-state index contributed by atoms with van der Waals surface area (Å²) >= 11 is 0. The average Bonchev–Trinajstić information content (AvgIpc) is 2.90. The zero-order chi connectivity index (χ0) is 19.7. The van der Waals surface area contributed by atoms with Crippen molar-refractivity contribution < 1.29 is 17.9 Å². The zero-order valence-corrected chi connectivity index (χ0v) is 16.7. The minimum atomic E-state index is -3.46. The predicted molar refractivity (Wildman–Crippen MR) is 105 cm³/mol. The van der Waals surface area contributed by atoms with Crippen LogP contribution in [-0.2, 0) is 26.1 Å². The van der Waals surface area contributed by atoms with Gasteiger partial charge >= 0.3 is 5.97 Å². The van der Waals surface area contributed by atoms with Crippen LogP contribution in [0.4, 0.5) is 0 Å². The number of nitrogens with zero attached hydrogens (tertiary/aromatic N) is 1. The second-order valence-electron chi connectivity index (χ2n) is 7.76. The number of ether oxygens (including phenoxy) is 1. The second kappa shape index (κ2) is 7.44. The smallest absolute Gasteiger partial charge is 0.325 e. The summed E-state index contributed by atoms with van der Waals surface area (Å²) in [6.07, 6.45) is 0.263. The third-order valence-electron chi connectivity index (χ3n) is 4.43. The molecule has 0 radical (unpaired) electrons. The van der Waals surface area contributed by atoms with Gasteiger partial charge in [0, 0.05) is 6.54 Å². The van der Waals surface area contributed by atoms with Gasteiger partial charge in [0.25, 0.3) is 0 Å². The van der Waals surface area contributed by atoms with E-state index in [2.05, 4.69) is 0 Å². The van der Waals surface area contributed by atoms with Gasteiger partial charge < -0.3 is 4.74 Å². The zero-order valence-electron chi connectivity index (χ0n) is 15.9. The standard InChI is InChI=1S/C21H25NO4S/c1-21(2,3)26-20(23)19-13-14-27(24,25)22(19)15-16-9-11-18(12-10-16)17-7-5-4-6-8-17/h4-12,19H,13-15H2,1-3H3/t19-/m1/s1. The van der Waals surface area contributed by atoms with E-state index in [4.69, 9.17) is 4.74 Å². The van der Waals surface area contributed by atoms with Crippen molar-refractivity contribution in [3.8, 4) is 11.1 Å². The molecular formula is C21H25NO4S. The first kappa shape index (κ1) is 19.6. The second-order valence-corrected chi connectivity index (χ2v) is 9.80. The van der Waals surface area contributed by atoms with Crippen molar-refractivity contribution in [2.24, 2.45) is 0 Å². The fraction of sp³-hybridized carbons (Fsp3) is 0.381. The molecule has 0 saturated carbocycles. The van der Waals surface area contributed by atoms with E-state index >= 15 is 0 Å². The SMILES string of the molecule is CC(C)(C)OC(=O)[C@H]1CCS(=O)(=O)N1Cc1ccc(-c2ccccc2)cc1. The Bertz CT molecular complexity index is 899. The number of carbonyl (C=O) groups excluding carboxylic acids is 1. The summed E-state index contributed by atoms with van der Waals surface area (Å²) in [6.45, 7) is 5.50. The van der Waals surface area contributed by atoms with Crippen LogP contribution in [0.15, 0.2) is 54.6 Å². The average molecular weight is 388 g/mol. The molecule has 0 spiro atoms. The third-order valence-corrected chi connectivity index (χ3v) is 6.28. The van der Waals surface area contributed by atoms with Gasteiger partial charge in [-0.05, 0) is 43.9 Å². The molecule has 5 nitrogen and oxygen atoms in total. The van der Waals surface area contributed by atoms with Gasteiger partial charge in [0.05, 0.1) is 5.75 Å². The Hall–Kier alpha value is -2.18. The van der Waals surface area contributed by atoms with E-state index in [1.165, 1.54) is 4.31 Å². The van der Waals surface area contributed by atoms with Crippen LogP contribution in [0.1, 0.15) is 32.8 Å². The summed E-state index contributed by atoms with van der Waals surface area (Å²) < 4.78 is 31.6. The highest BCUT2D eigenvalue weighted by molar-refractivity contribution is 7.89. The summed E-state index contributed by atoms with van der Waals surface area (Å²) in [5, 5.41) is 0. The highest BCUT2D eigenvalue weighted by atomic mass is 32.2. The van der Waals surface area contributed by atoms with Gasteiger partial charge in [0.1, 0.15) is 11.6 Å². The quantitative estimate of drug-likeness (QED) is 0.752. The van der Waals surface area contributed by atoms with Crippen molar-refractivity contribution in [1.29, 1.82) is 0 Å². The van der Waals surface area contributed by atoms with Gasteiger partial charge in [-0.3, -0.25) is 4.79 Å². The first-order valence-corrected chi connectivity index (χ1v) is 10.6. The van der Waals surface area contributed by atoms with E-state index in [0.717, 1.165) is 16.7 Å². The minimum Gasteiger partial charge on any atom is -0.459 e. The number of sulfonamides is 1. The van der Waals surface area contributed by atoms with Crippen LogP contribution in [0.25, 0.3) is 11.1 Å². The Morgan fingerprint density at radius 3 is 2.22 bits per heavy atom. The lowest BCUT2D eigenvalue weighted by molar-refractivity contribution is -0.159. The van der Waals surface area contributed by atoms with Crippen molar-refractivity contribution >= 4 is 16.0 Å². The molecule has 1 aliphatic rings. The van der Waals surface area contributed by atoms with Crippen molar-refractivity contribution in [1.82, 2.24) is 4.31 Å². The fourth-order valence-corrected chi connectivity index (χ4v) is 4.82. The van der Waals surface area contributed by atoms with Gasteiger partial charge in [-0.15, -0.1) is 0 Å². The Kier molecular flexibility index (Phi) is 5.40. The van der Waals surface area contributed by atoms with E-state index in [9.17, 15) is 13.2 Å². The molecule has 1 aliphatic heterocycles. The predicted octanol–water partition coefficient (Wildman–Crippen LogP) is 3.60. The van der Waals surface area contributed by atoms with Crippen LogP contribution < -0.4 is 0 Å². The van der Waals surface area contributed by atoms with Crippen molar-refractivity contribution in [3.63, 3.8) is 0 Å². The van der Waals surface area contributed by atoms with Crippen LogP contribution in [0.2, 0.25) is 0 Å². The van der Waals surface area contributed by atoms with Crippen molar-refractivity contribution in [2.75, 3.05) is 5.75 Å². The lowest BCUT2D eigenvalue weighted by Crippen LogP contribution is -2.41. The first-order valence-electron chi connectivity index (χ1n) is 9.02. The third kappa shape index (κ3) is 4.76. The number of hydrogen-bond acceptors (Lipinski definition) is 4. The highest BCUT2D eigenvalue weighted by Gasteiger charge is 2.43. The van der Waals surface area contributed by atoms with E-state index < -0.39 is 27.6 Å². The van der Waals surface area contributed by atoms with Gasteiger partial charge in [-0.2, -0.15) is 4.31 Å². The molecule has 0 amide bonds. The summed E-state index contributed by atoms with van der Waals surface area (Å²) in [4.78, 5) is 12.5. The molecule has 6 heteroatoms. The lowest BCUT2D eigenvalue weighted by atomic mass is 10.0. The summed E-state index contributed by atoms with van der Waals surface area (Å²) in [5.41, 5.74) is 2.36. The van der Waals surface area contributed by atoms with E-state index in [1.807, 2.05) is 54.6 Å². The van der Waals surface area contributed by atoms with Crippen LogP contribution in [-0.4, -0.2) is 36.1 Å². The maximum absolute atomic E-state index is 12.5. The van der Waals surface area contributed by atoms with E-state index in [-0.39, 0.29) is 18.7 Å². The normalized spacial score (nSPS) is 19.7. The molecule has 2 aromatic rings. The fourth-order valence-electron chi connectivity index (χ4n) is 3.14. The van der Waals surface area contributed by atoms with Gasteiger partial charge in [-0.1, -0.05) is 54.6 Å². The molecule has 0 aliphatic carbocycles. The van der Waals surface area contributed by atoms with E-state index in [0.29, 0.717) is 0 Å². The lowest BCUT2D eigenvalue weighted by Gasteiger charge is -2.26. The number of rotatable bonds is 4. The first-order chi connectivity index (χ1) is 12.7. The molecule has 0 unspecified atom stereocenters. The monoisotopic (exact) mass is 387 g/mol. The Morgan fingerprint density at radius 1 is 1.04 bits per heavy atom. The maximum Gasteiger partial charge on any atom is 0.325 e. The van der Waals surface area contributed by atoms with Crippen molar-refractivity contribution in [3.05, 3.63) is 60.2 Å². The molecule has 1 fully saturated rings. The number of carbonyl (C=O) groups is 1. The van der Waals surface area contributed by atoms with Crippen LogP contribution in [0, 0.1) is 0 Å². The van der Waals surface area contributed by atoms with E-state index in [1.54, 1.807) is 20.8 Å². The molecule has 1 saturated heterocycles. The number of hydrogen-bond donors (Lipinski definition) is 0. The van der Waals surface area contributed by atoms with Crippen LogP contribution in [0.3, 0.4) is 0 Å². The summed E-state index contributed by atoms with van der Waals surface area (Å²) in [5.74, 6) is -0.511. The molecule has 0 N–H and O–H groups in total. The molecule has 144 valence electrons. The topological polar surface area (TPSA) is 63.7 Å². The number of esters is 1. The molecule has 2 aromatic carbocycles. The molecule has 27 heavy (non-hydrogen) atoms. The maximum atomic E-state index is 12.5. The van der Waals surface area contributed by atoms with Crippen LogP contribution >= 0.6 is 0 Å². The summed E-state index contributed by atoms with van der Waals surface area (Å²) in [6, 6.07) is 17.0. The van der Waals surface area contributed by atoms with Crippen LogP contribution in [0.5, 0.6) is 0 Å². The molecule has 1 atom stereocenters. The number of benzene rings is 2. The Morgan fingerprint density at radius 2 is 1.63 bits per heavy atom. The molecule has 1 heterocycles. The van der Waals surface area contributed by atoms with Crippen molar-refractivity contribution in [2.45, 2.75) is 45.4 Å². The Balaban J connectivity index is 1.78. The molecule has 0 aromatic heterocycles. The highest BCUT2D eigenvalue weighted by Crippen LogP contribution is 2.27. The van der Waals surface area contributed by atoms with Gasteiger partial charge in [-0.25, -0.2) is 8.42 Å². The molecule has 0 bridgehead atoms. The minimum absolute atomic E-state index is 0.0288. The molecular weight excluding hydrogens is 362 g/mol. The van der Waals surface area contributed by atoms with Gasteiger partial charge in [0.15, 0.2) is 0 Å².